The van der Waals surface area contributed by atoms with E-state index in [1.165, 1.54) is 43.9 Å². The number of methoxy groups -OCH3 is 2. The van der Waals surface area contributed by atoms with Crippen molar-refractivity contribution in [3.8, 4) is 6.07 Å². The van der Waals surface area contributed by atoms with Gasteiger partial charge in [0.05, 0.1) is 43.0 Å². The number of hydrogen-bond acceptors (Lipinski definition) is 7. The van der Waals surface area contributed by atoms with Crippen LogP contribution in [0.4, 0.5) is 5.69 Å². The van der Waals surface area contributed by atoms with E-state index in [9.17, 15) is 14.9 Å². The normalized spacial score (nSPS) is 18.5. The third-order valence-corrected chi connectivity index (χ3v) is 8.16. The van der Waals surface area contributed by atoms with Crippen molar-refractivity contribution in [1.29, 1.82) is 5.26 Å². The molecule has 2 N–H and O–H groups in total. The van der Waals surface area contributed by atoms with Crippen LogP contribution >= 0.6 is 31.9 Å². The summed E-state index contributed by atoms with van der Waals surface area (Å²) in [6.07, 6.45) is 5.85. The van der Waals surface area contributed by atoms with Crippen LogP contribution in [-0.2, 0) is 19.1 Å². The molecule has 0 saturated heterocycles. The molecule has 1 heterocycles. The Bertz CT molecular complexity index is 1300. The second-order valence-electron chi connectivity index (χ2n) is 9.00. The molecule has 2 aromatic rings. The van der Waals surface area contributed by atoms with Crippen LogP contribution in [0.25, 0.3) is 0 Å². The van der Waals surface area contributed by atoms with E-state index in [2.05, 4.69) is 37.9 Å². The topological polar surface area (TPSA) is 106 Å². The number of halogens is 2. The average Bonchev–Trinajstić information content (AvgIpc) is 2.92. The predicted molar refractivity (Wildman–Crippen MR) is 147 cm³/mol. The van der Waals surface area contributed by atoms with Crippen molar-refractivity contribution >= 4 is 49.5 Å². The van der Waals surface area contributed by atoms with Gasteiger partial charge in [0.2, 0.25) is 0 Å². The van der Waals surface area contributed by atoms with Gasteiger partial charge in [0.1, 0.15) is 11.5 Å². The molecule has 1 unspecified atom stereocenters. The Morgan fingerprint density at radius 3 is 2.11 bits per heavy atom. The Kier molecular flexibility index (Phi) is 8.40. The first-order valence-corrected chi connectivity index (χ1v) is 13.6. The molecule has 9 heteroatoms. The zero-order valence-electron chi connectivity index (χ0n) is 20.6. The minimum Gasteiger partial charge on any atom is -0.466 e. The maximum absolute atomic E-state index is 13.3. The SMILES string of the molecule is COC(=O)C1=C(C(=O)OC)N(c2c(Br)cc(C3CCCCC3)cc2Br)C(N)=C(C#N)C1c1ccccc1. The van der Waals surface area contributed by atoms with E-state index in [1.54, 1.807) is 24.3 Å². The fourth-order valence-electron chi connectivity index (χ4n) is 5.22. The minimum atomic E-state index is -0.914. The molecule has 1 aliphatic carbocycles. The van der Waals surface area contributed by atoms with Crippen LogP contribution in [-0.4, -0.2) is 26.2 Å². The fraction of sp³-hybridized carbons (Fsp3) is 0.321. The number of nitrogens with two attached hydrogens (primary N) is 1. The van der Waals surface area contributed by atoms with Gasteiger partial charge in [-0.15, -0.1) is 0 Å². The predicted octanol–water partition coefficient (Wildman–Crippen LogP) is 6.16. The number of benzene rings is 2. The summed E-state index contributed by atoms with van der Waals surface area (Å²) in [5, 5.41) is 10.2. The number of allylic oxidation sites excluding steroid dienone is 1. The van der Waals surface area contributed by atoms with Crippen LogP contribution in [0.15, 0.2) is 74.1 Å². The Hall–Kier alpha value is -3.09. The van der Waals surface area contributed by atoms with Gasteiger partial charge < -0.3 is 15.2 Å². The van der Waals surface area contributed by atoms with Gasteiger partial charge in [-0.05, 0) is 73.9 Å². The summed E-state index contributed by atoms with van der Waals surface area (Å²) >= 11 is 7.36. The van der Waals surface area contributed by atoms with Crippen LogP contribution < -0.4 is 10.6 Å². The molecule has 2 aromatic carbocycles. The van der Waals surface area contributed by atoms with Crippen LogP contribution in [0.2, 0.25) is 0 Å². The van der Waals surface area contributed by atoms with Gasteiger partial charge in [-0.3, -0.25) is 4.90 Å². The average molecular weight is 629 g/mol. The van der Waals surface area contributed by atoms with E-state index < -0.39 is 17.9 Å². The number of ether oxygens (including phenoxy) is 2. The highest BCUT2D eigenvalue weighted by atomic mass is 79.9. The van der Waals surface area contributed by atoms with Crippen molar-refractivity contribution in [2.24, 2.45) is 5.73 Å². The van der Waals surface area contributed by atoms with Gasteiger partial charge in [0.25, 0.3) is 0 Å². The van der Waals surface area contributed by atoms with Crippen LogP contribution in [0.1, 0.15) is 55.1 Å². The number of carbonyl (C=O) groups excluding carboxylic acids is 2. The van der Waals surface area contributed by atoms with Gasteiger partial charge >= 0.3 is 11.9 Å². The Morgan fingerprint density at radius 1 is 0.973 bits per heavy atom. The molecule has 0 spiro atoms. The van der Waals surface area contributed by atoms with Gasteiger partial charge in [0.15, 0.2) is 0 Å². The Morgan fingerprint density at radius 2 is 1.57 bits per heavy atom. The third kappa shape index (κ3) is 5.05. The zero-order valence-corrected chi connectivity index (χ0v) is 23.8. The van der Waals surface area contributed by atoms with Crippen molar-refractivity contribution in [2.45, 2.75) is 43.9 Å². The van der Waals surface area contributed by atoms with Crippen LogP contribution in [0.3, 0.4) is 0 Å². The highest BCUT2D eigenvalue weighted by Crippen LogP contribution is 2.48. The fourth-order valence-corrected chi connectivity index (χ4v) is 6.79. The summed E-state index contributed by atoms with van der Waals surface area (Å²) in [5.74, 6) is -2.00. The van der Waals surface area contributed by atoms with Crippen molar-refractivity contribution in [2.75, 3.05) is 19.1 Å². The third-order valence-electron chi connectivity index (χ3n) is 6.95. The molecule has 0 bridgehead atoms. The van der Waals surface area contributed by atoms with Gasteiger partial charge in [0, 0.05) is 8.95 Å². The zero-order chi connectivity index (χ0) is 26.7. The van der Waals surface area contributed by atoms with E-state index in [-0.39, 0.29) is 22.7 Å². The number of anilines is 1. The number of esters is 2. The van der Waals surface area contributed by atoms with E-state index in [0.29, 0.717) is 26.1 Å². The lowest BCUT2D eigenvalue weighted by Gasteiger charge is -2.37. The lowest BCUT2D eigenvalue weighted by Crippen LogP contribution is -2.41. The van der Waals surface area contributed by atoms with E-state index in [4.69, 9.17) is 15.2 Å². The quantitative estimate of drug-likeness (QED) is 0.396. The molecule has 192 valence electrons. The molecule has 0 radical (unpaired) electrons. The molecule has 1 saturated carbocycles. The van der Waals surface area contributed by atoms with Crippen molar-refractivity contribution in [3.05, 3.63) is 85.2 Å². The molecular weight excluding hydrogens is 602 g/mol. The van der Waals surface area contributed by atoms with Gasteiger partial charge in [-0.1, -0.05) is 49.6 Å². The van der Waals surface area contributed by atoms with E-state index in [1.807, 2.05) is 18.2 Å². The van der Waals surface area contributed by atoms with Crippen molar-refractivity contribution < 1.29 is 19.1 Å². The van der Waals surface area contributed by atoms with Crippen molar-refractivity contribution in [3.63, 3.8) is 0 Å². The van der Waals surface area contributed by atoms with Crippen molar-refractivity contribution in [1.82, 2.24) is 0 Å². The molecular formula is C28H27Br2N3O4. The molecule has 4 rings (SSSR count). The smallest absolute Gasteiger partial charge is 0.355 e. The number of carbonyl (C=O) groups is 2. The summed E-state index contributed by atoms with van der Waals surface area (Å²) in [6.45, 7) is 0. The molecule has 1 fully saturated rings. The maximum atomic E-state index is 13.3. The second-order valence-corrected chi connectivity index (χ2v) is 10.7. The standard InChI is InChI=1S/C28H27Br2N3O4/c1-36-27(34)23-22(17-11-7-4-8-12-17)19(15-31)26(32)33(25(23)28(35)37-2)24-20(29)13-18(14-21(24)30)16-9-5-3-6-10-16/h4,7-8,11-14,16,22H,3,5-6,9-10,32H2,1-2H3. The van der Waals surface area contributed by atoms with Gasteiger partial charge in [-0.25, -0.2) is 9.59 Å². The Balaban J connectivity index is 1.99. The summed E-state index contributed by atoms with van der Waals surface area (Å²) in [4.78, 5) is 28.0. The van der Waals surface area contributed by atoms with E-state index >= 15 is 0 Å². The van der Waals surface area contributed by atoms with E-state index in [0.717, 1.165) is 12.8 Å². The number of nitriles is 1. The summed E-state index contributed by atoms with van der Waals surface area (Å²) in [6, 6.07) is 15.2. The number of rotatable bonds is 5. The lowest BCUT2D eigenvalue weighted by molar-refractivity contribution is -0.139. The number of nitrogens with zero attached hydrogens (tertiary/aromatic N) is 2. The molecule has 2 aliphatic rings. The highest BCUT2D eigenvalue weighted by molar-refractivity contribution is 9.11. The van der Waals surface area contributed by atoms with Crippen LogP contribution in [0, 0.1) is 11.3 Å². The maximum Gasteiger partial charge on any atom is 0.355 e. The second kappa shape index (κ2) is 11.5. The molecule has 1 aliphatic heterocycles. The first-order valence-electron chi connectivity index (χ1n) is 12.0. The summed E-state index contributed by atoms with van der Waals surface area (Å²) in [7, 11) is 2.46. The lowest BCUT2D eigenvalue weighted by atomic mass is 9.80. The Labute approximate surface area is 233 Å². The monoisotopic (exact) mass is 627 g/mol. The van der Waals surface area contributed by atoms with Crippen LogP contribution in [0.5, 0.6) is 0 Å². The molecule has 1 atom stereocenters. The molecule has 37 heavy (non-hydrogen) atoms. The molecule has 0 aromatic heterocycles. The minimum absolute atomic E-state index is 0.0243. The molecule has 7 nitrogen and oxygen atoms in total. The largest absolute Gasteiger partial charge is 0.466 e. The van der Waals surface area contributed by atoms with Gasteiger partial charge in [-0.2, -0.15) is 5.26 Å². The summed E-state index contributed by atoms with van der Waals surface area (Å²) < 4.78 is 11.6. The summed E-state index contributed by atoms with van der Waals surface area (Å²) in [5.41, 5.74) is 8.91. The number of hydrogen-bond donors (Lipinski definition) is 1. The molecule has 0 amide bonds. The first kappa shape index (κ1) is 27.0. The first-order chi connectivity index (χ1) is 17.8. The highest BCUT2D eigenvalue weighted by Gasteiger charge is 2.44.